The Morgan fingerprint density at radius 3 is 0.636 bits per heavy atom. The van der Waals surface area contributed by atoms with E-state index in [4.69, 9.17) is 14.2 Å². The lowest BCUT2D eigenvalue weighted by atomic mass is 10.1. The summed E-state index contributed by atoms with van der Waals surface area (Å²) in [4.78, 5) is 2.28. The first kappa shape index (κ1) is 37.7. The van der Waals surface area contributed by atoms with Gasteiger partial charge in [-0.05, 0) is 106 Å². The molecule has 0 N–H and O–H groups in total. The van der Waals surface area contributed by atoms with E-state index in [1.54, 1.807) is 21.3 Å². The van der Waals surface area contributed by atoms with E-state index in [2.05, 4.69) is 151 Å². The van der Waals surface area contributed by atoms with Gasteiger partial charge in [-0.3, -0.25) is 0 Å². The Hall–Kier alpha value is -7.04. The van der Waals surface area contributed by atoms with E-state index >= 15 is 0 Å². The third-order valence-corrected chi connectivity index (χ3v) is 8.87. The first-order valence-electron chi connectivity index (χ1n) is 18.2. The van der Waals surface area contributed by atoms with Crippen LogP contribution in [0.2, 0.25) is 0 Å². The van der Waals surface area contributed by atoms with E-state index in [-0.39, 0.29) is 0 Å². The summed E-state index contributed by atoms with van der Waals surface area (Å²) < 4.78 is 15.8. The van der Waals surface area contributed by atoms with Crippen LogP contribution < -0.4 is 19.1 Å². The molecule has 0 amide bonds. The zero-order valence-corrected chi connectivity index (χ0v) is 31.5. The second-order valence-corrected chi connectivity index (χ2v) is 12.6. The van der Waals surface area contributed by atoms with Gasteiger partial charge < -0.3 is 19.1 Å². The molecule has 6 rings (SSSR count). The van der Waals surface area contributed by atoms with Crippen molar-refractivity contribution in [2.75, 3.05) is 26.2 Å². The summed E-state index contributed by atoms with van der Waals surface area (Å²) in [6.45, 7) is 0. The van der Waals surface area contributed by atoms with Crippen LogP contribution in [0.15, 0.2) is 182 Å². The molecule has 0 bridgehead atoms. The molecule has 55 heavy (non-hydrogen) atoms. The predicted octanol–water partition coefficient (Wildman–Crippen LogP) is 13.4. The molecule has 6 aromatic rings. The number of hydrogen-bond donors (Lipinski definition) is 0. The second kappa shape index (κ2) is 19.7. The van der Waals surface area contributed by atoms with Crippen molar-refractivity contribution >= 4 is 53.5 Å². The van der Waals surface area contributed by atoms with E-state index in [9.17, 15) is 0 Å². The molecule has 0 saturated heterocycles. The molecular weight excluding hydrogens is 675 g/mol. The van der Waals surface area contributed by atoms with E-state index in [1.165, 1.54) is 0 Å². The molecule has 0 saturated carbocycles. The third-order valence-electron chi connectivity index (χ3n) is 8.87. The Bertz CT molecular complexity index is 1990. The van der Waals surface area contributed by atoms with Gasteiger partial charge in [-0.2, -0.15) is 0 Å². The Balaban J connectivity index is 1.18. The highest BCUT2D eigenvalue weighted by atomic mass is 16.5. The minimum Gasteiger partial charge on any atom is -0.497 e. The molecular formula is C51H45NO3. The first-order chi connectivity index (χ1) is 27.1. The molecule has 0 atom stereocenters. The van der Waals surface area contributed by atoms with Crippen LogP contribution in [0.3, 0.4) is 0 Å². The minimum absolute atomic E-state index is 0.852. The highest BCUT2D eigenvalue weighted by Crippen LogP contribution is 2.35. The lowest BCUT2D eigenvalue weighted by Crippen LogP contribution is -2.09. The van der Waals surface area contributed by atoms with Gasteiger partial charge in [0, 0.05) is 17.1 Å². The predicted molar refractivity (Wildman–Crippen MR) is 234 cm³/mol. The van der Waals surface area contributed by atoms with Crippen molar-refractivity contribution in [2.45, 2.75) is 0 Å². The van der Waals surface area contributed by atoms with Gasteiger partial charge in [0.25, 0.3) is 0 Å². The van der Waals surface area contributed by atoms with Crippen LogP contribution >= 0.6 is 0 Å². The molecule has 0 radical (unpaired) electrons. The van der Waals surface area contributed by atoms with Crippen molar-refractivity contribution in [1.82, 2.24) is 0 Å². The van der Waals surface area contributed by atoms with E-state index < -0.39 is 0 Å². The molecule has 0 aliphatic carbocycles. The fourth-order valence-corrected chi connectivity index (χ4v) is 5.80. The Morgan fingerprint density at radius 1 is 0.273 bits per heavy atom. The van der Waals surface area contributed by atoms with Crippen LogP contribution in [-0.4, -0.2) is 21.3 Å². The van der Waals surface area contributed by atoms with E-state index in [1.807, 2.05) is 72.8 Å². The summed E-state index contributed by atoms with van der Waals surface area (Å²) in [5.41, 5.74) is 9.93. The summed E-state index contributed by atoms with van der Waals surface area (Å²) in [6, 6.07) is 50.0. The molecule has 272 valence electrons. The van der Waals surface area contributed by atoms with Crippen molar-refractivity contribution in [2.24, 2.45) is 0 Å². The van der Waals surface area contributed by atoms with Gasteiger partial charge >= 0.3 is 0 Å². The quantitative estimate of drug-likeness (QED) is 0.0989. The highest BCUT2D eigenvalue weighted by Gasteiger charge is 2.12. The molecule has 0 unspecified atom stereocenters. The maximum atomic E-state index is 5.26. The molecule has 0 aliphatic heterocycles. The summed E-state index contributed by atoms with van der Waals surface area (Å²) in [5.74, 6) is 2.56. The lowest BCUT2D eigenvalue weighted by Gasteiger charge is -2.26. The number of methoxy groups -OCH3 is 3. The van der Waals surface area contributed by atoms with Crippen LogP contribution in [0.25, 0.3) is 36.5 Å². The third kappa shape index (κ3) is 11.2. The molecule has 0 aliphatic rings. The molecule has 0 fully saturated rings. The molecule has 0 heterocycles. The van der Waals surface area contributed by atoms with Gasteiger partial charge in [-0.1, -0.05) is 146 Å². The SMILES string of the molecule is COc1ccc(/C=C/C=C/c2ccc(N(c3ccc(/C=C/C=C/c4ccc(OC)cc4)cc3)c3ccc(/C=C/C=C/c4ccc(OC)cc4)cc3)cc2)cc1. The second-order valence-electron chi connectivity index (χ2n) is 12.6. The van der Waals surface area contributed by atoms with E-state index in [0.29, 0.717) is 0 Å². The van der Waals surface area contributed by atoms with Crippen molar-refractivity contribution in [3.63, 3.8) is 0 Å². The number of rotatable bonds is 15. The van der Waals surface area contributed by atoms with Crippen LogP contribution in [-0.2, 0) is 0 Å². The molecule has 6 aromatic carbocycles. The van der Waals surface area contributed by atoms with Gasteiger partial charge in [0.2, 0.25) is 0 Å². The van der Waals surface area contributed by atoms with Gasteiger partial charge in [0.05, 0.1) is 21.3 Å². The maximum absolute atomic E-state index is 5.26. The maximum Gasteiger partial charge on any atom is 0.118 e. The summed E-state index contributed by atoms with van der Waals surface area (Å²) >= 11 is 0. The largest absolute Gasteiger partial charge is 0.497 e. The number of ether oxygens (including phenoxy) is 3. The van der Waals surface area contributed by atoms with Crippen molar-refractivity contribution in [1.29, 1.82) is 0 Å². The molecule has 4 heteroatoms. The minimum atomic E-state index is 0.852. The number of anilines is 3. The lowest BCUT2D eigenvalue weighted by molar-refractivity contribution is 0.414. The topological polar surface area (TPSA) is 30.9 Å². The van der Waals surface area contributed by atoms with Gasteiger partial charge in [-0.15, -0.1) is 0 Å². The summed E-state index contributed by atoms with van der Waals surface area (Å²) in [6.07, 6.45) is 24.9. The van der Waals surface area contributed by atoms with Gasteiger partial charge in [0.15, 0.2) is 0 Å². The fraction of sp³-hybridized carbons (Fsp3) is 0.0588. The molecule has 4 nitrogen and oxygen atoms in total. The molecule has 0 aromatic heterocycles. The number of allylic oxidation sites excluding steroid dienone is 6. The fourth-order valence-electron chi connectivity index (χ4n) is 5.80. The highest BCUT2D eigenvalue weighted by molar-refractivity contribution is 5.78. The van der Waals surface area contributed by atoms with Gasteiger partial charge in [-0.25, -0.2) is 0 Å². The number of nitrogens with zero attached hydrogens (tertiary/aromatic N) is 1. The monoisotopic (exact) mass is 719 g/mol. The first-order valence-corrected chi connectivity index (χ1v) is 18.2. The zero-order chi connectivity index (χ0) is 38.1. The number of benzene rings is 6. The van der Waals surface area contributed by atoms with Crippen LogP contribution in [0.4, 0.5) is 17.1 Å². The molecule has 0 spiro atoms. The Kier molecular flexibility index (Phi) is 13.5. The normalized spacial score (nSPS) is 11.8. The zero-order valence-electron chi connectivity index (χ0n) is 31.5. The summed E-state index contributed by atoms with van der Waals surface area (Å²) in [7, 11) is 5.04. The Morgan fingerprint density at radius 2 is 0.455 bits per heavy atom. The van der Waals surface area contributed by atoms with E-state index in [0.717, 1.165) is 67.7 Å². The average molecular weight is 720 g/mol. The van der Waals surface area contributed by atoms with Crippen molar-refractivity contribution in [3.8, 4) is 17.2 Å². The van der Waals surface area contributed by atoms with Crippen LogP contribution in [0, 0.1) is 0 Å². The average Bonchev–Trinajstić information content (AvgIpc) is 3.25. The summed E-state index contributed by atoms with van der Waals surface area (Å²) in [5, 5.41) is 0. The smallest absolute Gasteiger partial charge is 0.118 e. The standard InChI is InChI=1S/C51H45NO3/c1-53-49-34-22-43(23-35-49)13-7-4-10-40-16-28-46(29-17-40)52(47-30-18-41(19-31-47)11-5-8-14-44-24-36-50(54-2)37-25-44)48-32-20-42(21-33-48)12-6-9-15-45-26-38-51(55-3)39-27-45/h4-39H,1-3H3/b10-4+,11-5+,12-6+,13-7+,14-8+,15-9+. The van der Waals surface area contributed by atoms with Gasteiger partial charge in [0.1, 0.15) is 17.2 Å². The van der Waals surface area contributed by atoms with Crippen molar-refractivity contribution in [3.05, 3.63) is 215 Å². The Labute approximate surface area is 325 Å². The van der Waals surface area contributed by atoms with Crippen LogP contribution in [0.1, 0.15) is 33.4 Å². The number of hydrogen-bond acceptors (Lipinski definition) is 4. The van der Waals surface area contributed by atoms with Crippen LogP contribution in [0.5, 0.6) is 17.2 Å². The van der Waals surface area contributed by atoms with Crippen molar-refractivity contribution < 1.29 is 14.2 Å².